The molecule has 1 aromatic heterocycles. The molecule has 1 saturated carbocycles. The van der Waals surface area contributed by atoms with Crippen LogP contribution in [0.4, 0.5) is 5.69 Å². The molecule has 1 atom stereocenters. The second-order valence-corrected chi connectivity index (χ2v) is 11.0. The van der Waals surface area contributed by atoms with Gasteiger partial charge in [0, 0.05) is 68.0 Å². The van der Waals surface area contributed by atoms with E-state index in [2.05, 4.69) is 34.6 Å². The summed E-state index contributed by atoms with van der Waals surface area (Å²) in [4.78, 5) is 7.71. The molecule has 4 fully saturated rings. The molecule has 6 heteroatoms. The van der Waals surface area contributed by atoms with E-state index in [-0.39, 0.29) is 0 Å². The van der Waals surface area contributed by atoms with Gasteiger partial charge in [-0.15, -0.1) is 0 Å². The van der Waals surface area contributed by atoms with E-state index in [0.717, 1.165) is 86.3 Å². The number of hydrogen-bond donors (Lipinski definition) is 2. The SMILES string of the molecule is COc1cc2c(NCC3CNC3)c3c(nc2cc1OCCCN1CC2CC(C2)C1)CC(C)C3. The minimum atomic E-state index is 0.647. The third-order valence-corrected chi connectivity index (χ3v) is 8.23. The molecule has 2 aromatic rings. The van der Waals surface area contributed by atoms with E-state index >= 15 is 0 Å². The predicted molar refractivity (Wildman–Crippen MR) is 132 cm³/mol. The van der Waals surface area contributed by atoms with Crippen molar-refractivity contribution >= 4 is 16.6 Å². The lowest BCUT2D eigenvalue weighted by atomic mass is 9.71. The number of benzene rings is 1. The molecule has 2 aliphatic carbocycles. The number of fused-ring (bicyclic) bond motifs is 4. The highest BCUT2D eigenvalue weighted by Crippen LogP contribution is 2.41. The van der Waals surface area contributed by atoms with E-state index in [1.54, 1.807) is 7.11 Å². The van der Waals surface area contributed by atoms with Gasteiger partial charge in [0.25, 0.3) is 0 Å². The highest BCUT2D eigenvalue weighted by molar-refractivity contribution is 5.96. The zero-order valence-corrected chi connectivity index (χ0v) is 20.2. The second kappa shape index (κ2) is 8.95. The number of aromatic nitrogens is 1. The van der Waals surface area contributed by atoms with Gasteiger partial charge in [0.15, 0.2) is 11.5 Å². The molecule has 33 heavy (non-hydrogen) atoms. The number of nitrogens with one attached hydrogen (secondary N) is 2. The van der Waals surface area contributed by atoms with Gasteiger partial charge in [-0.3, -0.25) is 4.98 Å². The molecule has 1 unspecified atom stereocenters. The number of nitrogens with zero attached hydrogens (tertiary/aromatic N) is 2. The molecular weight excluding hydrogens is 412 g/mol. The van der Waals surface area contributed by atoms with Gasteiger partial charge in [-0.2, -0.15) is 0 Å². The summed E-state index contributed by atoms with van der Waals surface area (Å²) in [5, 5.41) is 8.33. The van der Waals surface area contributed by atoms with Crippen LogP contribution in [0.3, 0.4) is 0 Å². The quantitative estimate of drug-likeness (QED) is 0.568. The summed E-state index contributed by atoms with van der Waals surface area (Å²) in [7, 11) is 1.74. The highest BCUT2D eigenvalue weighted by atomic mass is 16.5. The molecule has 4 heterocycles. The van der Waals surface area contributed by atoms with Crippen LogP contribution < -0.4 is 20.1 Å². The Morgan fingerprint density at radius 3 is 2.67 bits per heavy atom. The van der Waals surface area contributed by atoms with Crippen LogP contribution in [0.25, 0.3) is 10.9 Å². The van der Waals surface area contributed by atoms with E-state index in [1.807, 2.05) is 0 Å². The fraction of sp³-hybridized carbons (Fsp3) is 0.667. The van der Waals surface area contributed by atoms with Crippen molar-refractivity contribution in [2.75, 3.05) is 58.3 Å². The lowest BCUT2D eigenvalue weighted by Crippen LogP contribution is -2.48. The summed E-state index contributed by atoms with van der Waals surface area (Å²) in [5.41, 5.74) is 4.94. The van der Waals surface area contributed by atoms with Crippen molar-refractivity contribution in [2.24, 2.45) is 23.7 Å². The number of pyridine rings is 1. The summed E-state index contributed by atoms with van der Waals surface area (Å²) in [5.74, 6) is 4.90. The number of ether oxygens (including phenoxy) is 2. The minimum absolute atomic E-state index is 0.647. The molecule has 0 radical (unpaired) electrons. The van der Waals surface area contributed by atoms with Gasteiger partial charge < -0.3 is 25.0 Å². The third-order valence-electron chi connectivity index (χ3n) is 8.23. The molecule has 3 aliphatic heterocycles. The average Bonchev–Trinajstić information content (AvgIpc) is 3.14. The normalized spacial score (nSPS) is 26.5. The summed E-state index contributed by atoms with van der Waals surface area (Å²) < 4.78 is 12.0. The van der Waals surface area contributed by atoms with E-state index in [1.165, 1.54) is 42.9 Å². The monoisotopic (exact) mass is 450 g/mol. The standard InChI is InChI=1S/C27H38N4O2/c1-17-6-21-23(7-17)30-24-11-26(33-5-3-4-31-15-18-8-19(9-18)16-31)25(32-2)10-22(24)27(21)29-14-20-12-28-13-20/h10-11,17-20,28H,3-9,12-16H2,1-2H3,(H,29,30). The summed E-state index contributed by atoms with van der Waals surface area (Å²) in [6.45, 7) is 9.97. The second-order valence-electron chi connectivity index (χ2n) is 11.0. The minimum Gasteiger partial charge on any atom is -0.493 e. The Kier molecular flexibility index (Phi) is 5.83. The highest BCUT2D eigenvalue weighted by Gasteiger charge is 2.36. The van der Waals surface area contributed by atoms with Crippen LogP contribution in [0.5, 0.6) is 11.5 Å². The van der Waals surface area contributed by atoms with Crippen molar-refractivity contribution in [3.05, 3.63) is 23.4 Å². The van der Waals surface area contributed by atoms with E-state index in [4.69, 9.17) is 14.5 Å². The number of methoxy groups -OCH3 is 1. The van der Waals surface area contributed by atoms with E-state index in [9.17, 15) is 0 Å². The Morgan fingerprint density at radius 2 is 1.94 bits per heavy atom. The first-order valence-corrected chi connectivity index (χ1v) is 13.0. The molecule has 2 bridgehead atoms. The molecule has 2 N–H and O–H groups in total. The Labute approximate surface area is 197 Å². The fourth-order valence-electron chi connectivity index (χ4n) is 6.34. The Morgan fingerprint density at radius 1 is 1.12 bits per heavy atom. The zero-order valence-electron chi connectivity index (χ0n) is 20.2. The van der Waals surface area contributed by atoms with Gasteiger partial charge in [-0.05, 0) is 61.5 Å². The van der Waals surface area contributed by atoms with E-state index < -0.39 is 0 Å². The number of piperidine rings is 2. The van der Waals surface area contributed by atoms with Crippen molar-refractivity contribution in [1.29, 1.82) is 0 Å². The molecule has 0 amide bonds. The summed E-state index contributed by atoms with van der Waals surface area (Å²) >= 11 is 0. The summed E-state index contributed by atoms with van der Waals surface area (Å²) in [6.07, 6.45) is 6.14. The fourth-order valence-corrected chi connectivity index (χ4v) is 6.34. The number of anilines is 1. The van der Waals surface area contributed by atoms with Gasteiger partial charge in [0.05, 0.1) is 19.2 Å². The van der Waals surface area contributed by atoms with Gasteiger partial charge in [0.2, 0.25) is 0 Å². The van der Waals surface area contributed by atoms with Crippen molar-refractivity contribution < 1.29 is 9.47 Å². The maximum Gasteiger partial charge on any atom is 0.163 e. The molecule has 178 valence electrons. The van der Waals surface area contributed by atoms with Crippen molar-refractivity contribution in [1.82, 2.24) is 15.2 Å². The lowest BCUT2D eigenvalue weighted by Gasteiger charge is -2.47. The molecule has 3 saturated heterocycles. The smallest absolute Gasteiger partial charge is 0.163 e. The Hall–Kier alpha value is -2.05. The first kappa shape index (κ1) is 21.5. The Balaban J connectivity index is 1.19. The maximum atomic E-state index is 6.25. The predicted octanol–water partition coefficient (Wildman–Crippen LogP) is 3.72. The average molecular weight is 451 g/mol. The van der Waals surface area contributed by atoms with Crippen LogP contribution in [0.2, 0.25) is 0 Å². The van der Waals surface area contributed by atoms with Gasteiger partial charge in [-0.1, -0.05) is 6.92 Å². The number of hydrogen-bond acceptors (Lipinski definition) is 6. The van der Waals surface area contributed by atoms with Crippen molar-refractivity contribution in [2.45, 2.75) is 39.0 Å². The van der Waals surface area contributed by atoms with Gasteiger partial charge in [-0.25, -0.2) is 0 Å². The largest absolute Gasteiger partial charge is 0.493 e. The lowest BCUT2D eigenvalue weighted by molar-refractivity contribution is 0.0251. The topological polar surface area (TPSA) is 58.6 Å². The molecule has 6 nitrogen and oxygen atoms in total. The zero-order chi connectivity index (χ0) is 22.4. The van der Waals surface area contributed by atoms with Crippen LogP contribution in [-0.2, 0) is 12.8 Å². The van der Waals surface area contributed by atoms with Crippen LogP contribution in [0.15, 0.2) is 12.1 Å². The van der Waals surface area contributed by atoms with Crippen LogP contribution in [0.1, 0.15) is 37.4 Å². The summed E-state index contributed by atoms with van der Waals surface area (Å²) in [6, 6.07) is 4.24. The molecule has 0 spiro atoms. The first-order valence-electron chi connectivity index (χ1n) is 13.0. The van der Waals surface area contributed by atoms with Crippen molar-refractivity contribution in [3.63, 3.8) is 0 Å². The van der Waals surface area contributed by atoms with Crippen LogP contribution in [-0.4, -0.2) is 62.9 Å². The number of rotatable bonds is 9. The Bertz CT molecular complexity index is 1010. The van der Waals surface area contributed by atoms with Gasteiger partial charge >= 0.3 is 0 Å². The first-order chi connectivity index (χ1) is 16.2. The molecular formula is C27H38N4O2. The molecule has 5 aliphatic rings. The van der Waals surface area contributed by atoms with Crippen LogP contribution >= 0.6 is 0 Å². The van der Waals surface area contributed by atoms with Crippen LogP contribution in [0, 0.1) is 23.7 Å². The maximum absolute atomic E-state index is 6.25. The van der Waals surface area contributed by atoms with E-state index in [0.29, 0.717) is 11.8 Å². The molecule has 1 aromatic carbocycles. The van der Waals surface area contributed by atoms with Crippen molar-refractivity contribution in [3.8, 4) is 11.5 Å². The third kappa shape index (κ3) is 4.28. The van der Waals surface area contributed by atoms with Gasteiger partial charge in [0.1, 0.15) is 0 Å². The molecule has 7 rings (SSSR count).